The Morgan fingerprint density at radius 3 is 2.73 bits per heavy atom. The average molecular weight is 377 g/mol. The quantitative estimate of drug-likeness (QED) is 0.417. The third kappa shape index (κ3) is 2.98. The van der Waals surface area contributed by atoms with Crippen LogP contribution in [0.1, 0.15) is 44.2 Å². The Kier molecular flexibility index (Phi) is 4.82. The van der Waals surface area contributed by atoms with Crippen LogP contribution in [0.5, 0.6) is 11.5 Å². The number of allylic oxidation sites excluding steroid dienone is 1. The second-order valence-corrected chi connectivity index (χ2v) is 6.71. The van der Waals surface area contributed by atoms with Crippen LogP contribution in [0.15, 0.2) is 23.4 Å². The van der Waals surface area contributed by atoms with Gasteiger partial charge in [-0.3, -0.25) is 14.9 Å². The zero-order valence-corrected chi connectivity index (χ0v) is 15.0. The number of aromatic hydroxyl groups is 2. The molecule has 0 fully saturated rings. The molecular formula is C17H19N3O5S. The van der Waals surface area contributed by atoms with Crippen LogP contribution in [0.4, 0.5) is 5.69 Å². The number of rotatable bonds is 4. The third-order valence-electron chi connectivity index (χ3n) is 4.63. The minimum absolute atomic E-state index is 0.0671. The lowest BCUT2D eigenvalue weighted by atomic mass is 9.84. The van der Waals surface area contributed by atoms with Gasteiger partial charge in [0.1, 0.15) is 5.75 Å². The van der Waals surface area contributed by atoms with E-state index in [1.165, 1.54) is 0 Å². The van der Waals surface area contributed by atoms with Crippen molar-refractivity contribution >= 4 is 28.8 Å². The third-order valence-corrected chi connectivity index (χ3v) is 4.97. The first-order valence-corrected chi connectivity index (χ1v) is 8.80. The fourth-order valence-corrected chi connectivity index (χ4v) is 3.82. The molecule has 1 atom stereocenters. The van der Waals surface area contributed by atoms with E-state index in [0.29, 0.717) is 30.1 Å². The first-order chi connectivity index (χ1) is 12.3. The average Bonchev–Trinajstić information content (AvgIpc) is 2.57. The molecule has 1 aliphatic carbocycles. The van der Waals surface area contributed by atoms with Crippen LogP contribution in [0.2, 0.25) is 0 Å². The Bertz CT molecular complexity index is 836. The lowest BCUT2D eigenvalue weighted by molar-refractivity contribution is -0.386. The van der Waals surface area contributed by atoms with Gasteiger partial charge in [-0.25, -0.2) is 0 Å². The minimum Gasteiger partial charge on any atom is -0.507 e. The van der Waals surface area contributed by atoms with Crippen molar-refractivity contribution in [3.05, 3.63) is 39.1 Å². The maximum absolute atomic E-state index is 12.6. The van der Waals surface area contributed by atoms with Gasteiger partial charge in [0.25, 0.3) is 0 Å². The van der Waals surface area contributed by atoms with Crippen LogP contribution in [-0.4, -0.2) is 37.5 Å². The Labute approximate surface area is 155 Å². The predicted octanol–water partition coefficient (Wildman–Crippen LogP) is 2.65. The Morgan fingerprint density at radius 2 is 2.08 bits per heavy atom. The smallest absolute Gasteiger partial charge is 0.311 e. The van der Waals surface area contributed by atoms with E-state index in [-0.39, 0.29) is 17.1 Å². The molecule has 1 aromatic rings. The molecule has 3 N–H and O–H groups in total. The summed E-state index contributed by atoms with van der Waals surface area (Å²) >= 11 is 5.43. The van der Waals surface area contributed by atoms with Crippen molar-refractivity contribution in [3.63, 3.8) is 0 Å². The van der Waals surface area contributed by atoms with Crippen molar-refractivity contribution in [1.82, 2.24) is 10.2 Å². The van der Waals surface area contributed by atoms with Crippen molar-refractivity contribution in [1.29, 1.82) is 0 Å². The summed E-state index contributed by atoms with van der Waals surface area (Å²) in [4.78, 5) is 24.9. The van der Waals surface area contributed by atoms with Crippen LogP contribution in [-0.2, 0) is 4.79 Å². The molecule has 1 heterocycles. The number of nitro benzene ring substituents is 1. The number of nitro groups is 1. The number of hydrogen-bond acceptors (Lipinski definition) is 6. The number of hydrogen-bond donors (Lipinski definition) is 3. The number of phenols is 2. The van der Waals surface area contributed by atoms with E-state index >= 15 is 0 Å². The molecule has 3 rings (SSSR count). The number of ketones is 1. The van der Waals surface area contributed by atoms with E-state index in [4.69, 9.17) is 12.2 Å². The van der Waals surface area contributed by atoms with Gasteiger partial charge in [-0.15, -0.1) is 0 Å². The minimum atomic E-state index is -0.780. The van der Waals surface area contributed by atoms with Gasteiger partial charge in [0, 0.05) is 41.9 Å². The normalized spacial score (nSPS) is 20.0. The number of carbonyl (C=O) groups excluding carboxylic acids is 1. The highest BCUT2D eigenvalue weighted by atomic mass is 32.1. The fraction of sp³-hybridized carbons (Fsp3) is 0.412. The summed E-state index contributed by atoms with van der Waals surface area (Å²) in [6.45, 7) is 2.67. The topological polar surface area (TPSA) is 116 Å². The van der Waals surface area contributed by atoms with E-state index in [0.717, 1.165) is 30.7 Å². The van der Waals surface area contributed by atoms with E-state index in [1.54, 1.807) is 0 Å². The number of nitrogens with one attached hydrogen (secondary N) is 1. The largest absolute Gasteiger partial charge is 0.507 e. The highest BCUT2D eigenvalue weighted by molar-refractivity contribution is 7.80. The summed E-state index contributed by atoms with van der Waals surface area (Å²) in [5.41, 5.74) is 0.906. The van der Waals surface area contributed by atoms with Crippen molar-refractivity contribution < 1.29 is 19.9 Å². The second-order valence-electron chi connectivity index (χ2n) is 6.33. The molecule has 1 unspecified atom stereocenters. The molecule has 1 aromatic carbocycles. The van der Waals surface area contributed by atoms with Gasteiger partial charge in [0.05, 0.1) is 11.0 Å². The number of carbonyl (C=O) groups is 1. The van der Waals surface area contributed by atoms with Crippen LogP contribution in [0.25, 0.3) is 0 Å². The predicted molar refractivity (Wildman–Crippen MR) is 97.8 cm³/mol. The van der Waals surface area contributed by atoms with Gasteiger partial charge >= 0.3 is 5.69 Å². The van der Waals surface area contributed by atoms with Crippen molar-refractivity contribution in [2.24, 2.45) is 0 Å². The summed E-state index contributed by atoms with van der Waals surface area (Å²) in [6, 6.07) is 1.23. The number of nitrogens with zero attached hydrogens (tertiary/aromatic N) is 2. The number of thiocarbonyl (C=S) groups is 1. The van der Waals surface area contributed by atoms with Crippen molar-refractivity contribution in [2.75, 3.05) is 6.54 Å². The molecule has 0 saturated heterocycles. The van der Waals surface area contributed by atoms with Gasteiger partial charge in [0.2, 0.25) is 0 Å². The highest BCUT2D eigenvalue weighted by Gasteiger charge is 2.38. The van der Waals surface area contributed by atoms with Crippen LogP contribution >= 0.6 is 12.2 Å². The van der Waals surface area contributed by atoms with E-state index < -0.39 is 22.4 Å². The summed E-state index contributed by atoms with van der Waals surface area (Å²) in [5, 5.41) is 34.6. The molecular weight excluding hydrogens is 358 g/mol. The van der Waals surface area contributed by atoms with Crippen molar-refractivity contribution in [2.45, 2.75) is 38.6 Å². The van der Waals surface area contributed by atoms with Crippen LogP contribution < -0.4 is 5.32 Å². The molecule has 138 valence electrons. The molecule has 9 heteroatoms. The monoisotopic (exact) mass is 377 g/mol. The maximum Gasteiger partial charge on any atom is 0.311 e. The summed E-state index contributed by atoms with van der Waals surface area (Å²) < 4.78 is 0. The Morgan fingerprint density at radius 1 is 1.35 bits per heavy atom. The standard InChI is InChI=1S/C17H19N3O5S/c1-2-6-19-10-4-3-5-12(21)15(10)16(18-17(19)26)9-7-11(20(24)25)14(23)8-13(9)22/h7-8,16,22-23H,2-6H2,1H3,(H,18,26). The van der Waals surface area contributed by atoms with Gasteiger partial charge in [-0.2, -0.15) is 0 Å². The van der Waals surface area contributed by atoms with Gasteiger partial charge < -0.3 is 20.4 Å². The zero-order valence-electron chi connectivity index (χ0n) is 14.2. The number of phenolic OH excluding ortho intramolecular Hbond substituents is 2. The molecule has 0 amide bonds. The number of benzene rings is 1. The number of Topliss-reactive ketones (excluding diaryl/α,β-unsaturated/α-hetero) is 1. The van der Waals surface area contributed by atoms with Gasteiger partial charge in [0.15, 0.2) is 16.6 Å². The molecule has 2 aliphatic rings. The molecule has 0 spiro atoms. The molecule has 0 aromatic heterocycles. The van der Waals surface area contributed by atoms with Gasteiger partial charge in [-0.05, 0) is 31.5 Å². The van der Waals surface area contributed by atoms with Crippen molar-refractivity contribution in [3.8, 4) is 11.5 Å². The molecule has 0 radical (unpaired) electrons. The first kappa shape index (κ1) is 18.1. The zero-order chi connectivity index (χ0) is 19.0. The highest BCUT2D eigenvalue weighted by Crippen LogP contribution is 2.43. The SMILES string of the molecule is CCCN1C(=S)NC(c2cc([N+](=O)[O-])c(O)cc2O)C2=C1CCCC2=O. The van der Waals surface area contributed by atoms with Crippen LogP contribution in [0, 0.1) is 10.1 Å². The van der Waals surface area contributed by atoms with E-state index in [2.05, 4.69) is 5.32 Å². The molecule has 26 heavy (non-hydrogen) atoms. The lowest BCUT2D eigenvalue weighted by Crippen LogP contribution is -2.49. The molecule has 0 saturated carbocycles. The maximum atomic E-state index is 12.6. The molecule has 8 nitrogen and oxygen atoms in total. The summed E-state index contributed by atoms with van der Waals surface area (Å²) in [7, 11) is 0. The Balaban J connectivity index is 2.17. The van der Waals surface area contributed by atoms with E-state index in [9.17, 15) is 25.1 Å². The second kappa shape index (κ2) is 6.91. The Hall–Kier alpha value is -2.68. The lowest BCUT2D eigenvalue weighted by Gasteiger charge is -2.41. The van der Waals surface area contributed by atoms with E-state index in [1.807, 2.05) is 11.8 Å². The van der Waals surface area contributed by atoms with Gasteiger partial charge in [-0.1, -0.05) is 6.92 Å². The van der Waals surface area contributed by atoms with Crippen LogP contribution in [0.3, 0.4) is 0 Å². The summed E-state index contributed by atoms with van der Waals surface area (Å²) in [6.07, 6.45) is 2.62. The first-order valence-electron chi connectivity index (χ1n) is 8.39. The molecule has 1 aliphatic heterocycles. The summed E-state index contributed by atoms with van der Waals surface area (Å²) in [5.74, 6) is -1.03. The molecule has 0 bridgehead atoms. The fourth-order valence-electron chi connectivity index (χ4n) is 3.50.